The number of benzene rings is 1. The van der Waals surface area contributed by atoms with Crippen molar-refractivity contribution in [3.63, 3.8) is 0 Å². The van der Waals surface area contributed by atoms with Crippen molar-refractivity contribution in [3.8, 4) is 0 Å². The number of nitrogens with one attached hydrogen (secondary N) is 1. The first-order valence-corrected chi connectivity index (χ1v) is 7.24. The van der Waals surface area contributed by atoms with Gasteiger partial charge in [0.25, 0.3) is 0 Å². The molecule has 0 spiro atoms. The number of halogens is 1. The predicted molar refractivity (Wildman–Crippen MR) is 81.4 cm³/mol. The van der Waals surface area contributed by atoms with Gasteiger partial charge in [0.1, 0.15) is 5.82 Å². The van der Waals surface area contributed by atoms with E-state index >= 15 is 0 Å². The Labute approximate surface area is 122 Å². The van der Waals surface area contributed by atoms with Crippen LogP contribution < -0.4 is 5.32 Å². The highest BCUT2D eigenvalue weighted by Crippen LogP contribution is 2.20. The molecule has 0 radical (unpaired) electrons. The van der Waals surface area contributed by atoms with E-state index in [0.29, 0.717) is 6.04 Å². The van der Waals surface area contributed by atoms with Crippen molar-refractivity contribution in [2.75, 3.05) is 33.9 Å². The zero-order valence-corrected chi connectivity index (χ0v) is 13.0. The lowest BCUT2D eigenvalue weighted by Gasteiger charge is -2.28. The first kappa shape index (κ1) is 17.1. The van der Waals surface area contributed by atoms with E-state index in [9.17, 15) is 4.39 Å². The molecular formula is C16H27FN2O. The van der Waals surface area contributed by atoms with Gasteiger partial charge >= 0.3 is 0 Å². The number of rotatable bonds is 9. The van der Waals surface area contributed by atoms with Crippen LogP contribution in [0.15, 0.2) is 24.3 Å². The lowest BCUT2D eigenvalue weighted by Crippen LogP contribution is -2.36. The summed E-state index contributed by atoms with van der Waals surface area (Å²) < 4.78 is 19.0. The monoisotopic (exact) mass is 282 g/mol. The minimum absolute atomic E-state index is 0.0417. The van der Waals surface area contributed by atoms with Crippen molar-refractivity contribution in [1.82, 2.24) is 10.2 Å². The summed E-state index contributed by atoms with van der Waals surface area (Å²) in [4.78, 5) is 2.36. The van der Waals surface area contributed by atoms with Gasteiger partial charge in [-0.2, -0.15) is 0 Å². The number of ether oxygens (including phenoxy) is 1. The minimum atomic E-state index is -0.139. The van der Waals surface area contributed by atoms with Crippen LogP contribution >= 0.6 is 0 Å². The highest BCUT2D eigenvalue weighted by atomic mass is 19.1. The molecule has 0 fully saturated rings. The van der Waals surface area contributed by atoms with Gasteiger partial charge in [-0.1, -0.05) is 18.2 Å². The van der Waals surface area contributed by atoms with E-state index in [4.69, 9.17) is 4.74 Å². The van der Waals surface area contributed by atoms with Crippen molar-refractivity contribution in [3.05, 3.63) is 35.6 Å². The molecule has 20 heavy (non-hydrogen) atoms. The number of methoxy groups -OCH3 is 1. The topological polar surface area (TPSA) is 24.5 Å². The summed E-state index contributed by atoms with van der Waals surface area (Å²) in [7, 11) is 3.60. The molecule has 1 rings (SSSR count). The molecule has 1 aromatic rings. The average Bonchev–Trinajstić information content (AvgIpc) is 2.43. The maximum Gasteiger partial charge on any atom is 0.127 e. The smallest absolute Gasteiger partial charge is 0.127 e. The van der Waals surface area contributed by atoms with Gasteiger partial charge in [0.15, 0.2) is 0 Å². The fourth-order valence-corrected chi connectivity index (χ4v) is 2.34. The Bertz CT molecular complexity index is 384. The number of hydrogen-bond donors (Lipinski definition) is 1. The standard InChI is InChI=1S/C16H27FN2O/c1-13(2)19(11-12-20-4)10-9-16(18-3)14-7-5-6-8-15(14)17/h5-8,13,16,18H,9-12H2,1-4H3. The predicted octanol–water partition coefficient (Wildman–Crippen LogP) is 2.83. The maximum atomic E-state index is 13.8. The Morgan fingerprint density at radius 2 is 1.95 bits per heavy atom. The average molecular weight is 282 g/mol. The third kappa shape index (κ3) is 5.19. The van der Waals surface area contributed by atoms with E-state index in [1.165, 1.54) is 6.07 Å². The lowest BCUT2D eigenvalue weighted by atomic mass is 10.0. The normalized spacial score (nSPS) is 13.2. The third-order valence-electron chi connectivity index (χ3n) is 3.65. The fraction of sp³-hybridized carbons (Fsp3) is 0.625. The summed E-state index contributed by atoms with van der Waals surface area (Å²) in [6.45, 7) is 6.89. The lowest BCUT2D eigenvalue weighted by molar-refractivity contribution is 0.126. The zero-order valence-electron chi connectivity index (χ0n) is 13.0. The second-order valence-electron chi connectivity index (χ2n) is 5.27. The summed E-state index contributed by atoms with van der Waals surface area (Å²) in [6, 6.07) is 7.48. The molecular weight excluding hydrogens is 255 g/mol. The van der Waals surface area contributed by atoms with Crippen LogP contribution in [-0.4, -0.2) is 44.8 Å². The minimum Gasteiger partial charge on any atom is -0.383 e. The van der Waals surface area contributed by atoms with Gasteiger partial charge in [0.05, 0.1) is 6.61 Å². The first-order valence-electron chi connectivity index (χ1n) is 7.24. The molecule has 0 saturated heterocycles. The molecule has 1 atom stereocenters. The molecule has 0 aliphatic rings. The third-order valence-corrected chi connectivity index (χ3v) is 3.65. The van der Waals surface area contributed by atoms with E-state index in [2.05, 4.69) is 24.1 Å². The van der Waals surface area contributed by atoms with Gasteiger partial charge in [0, 0.05) is 37.8 Å². The van der Waals surface area contributed by atoms with Crippen molar-refractivity contribution < 1.29 is 9.13 Å². The van der Waals surface area contributed by atoms with E-state index in [0.717, 1.165) is 31.7 Å². The number of hydrogen-bond acceptors (Lipinski definition) is 3. The van der Waals surface area contributed by atoms with Gasteiger partial charge < -0.3 is 10.1 Å². The van der Waals surface area contributed by atoms with Crippen LogP contribution in [0.3, 0.4) is 0 Å². The molecule has 0 bridgehead atoms. The van der Waals surface area contributed by atoms with Gasteiger partial charge in [-0.05, 0) is 33.4 Å². The van der Waals surface area contributed by atoms with Gasteiger partial charge in [-0.3, -0.25) is 4.90 Å². The van der Waals surface area contributed by atoms with Gasteiger partial charge in [0.2, 0.25) is 0 Å². The molecule has 1 unspecified atom stereocenters. The second-order valence-corrected chi connectivity index (χ2v) is 5.27. The van der Waals surface area contributed by atoms with Gasteiger partial charge in [-0.25, -0.2) is 4.39 Å². The molecule has 0 aliphatic carbocycles. The molecule has 1 N–H and O–H groups in total. The Morgan fingerprint density at radius 3 is 2.50 bits per heavy atom. The van der Waals surface area contributed by atoms with Crippen LogP contribution in [0, 0.1) is 5.82 Å². The van der Waals surface area contributed by atoms with E-state index in [-0.39, 0.29) is 11.9 Å². The summed E-state index contributed by atoms with van der Waals surface area (Å²) in [6.07, 6.45) is 0.874. The van der Waals surface area contributed by atoms with Crippen molar-refractivity contribution in [1.29, 1.82) is 0 Å². The molecule has 0 aromatic heterocycles. The molecule has 0 saturated carbocycles. The molecule has 0 heterocycles. The number of nitrogens with zero attached hydrogens (tertiary/aromatic N) is 1. The fourth-order valence-electron chi connectivity index (χ4n) is 2.34. The molecule has 1 aromatic carbocycles. The van der Waals surface area contributed by atoms with Gasteiger partial charge in [-0.15, -0.1) is 0 Å². The summed E-state index contributed by atoms with van der Waals surface area (Å²) in [5.74, 6) is -0.139. The first-order chi connectivity index (χ1) is 9.60. The van der Waals surface area contributed by atoms with Crippen LogP contribution in [0.4, 0.5) is 4.39 Å². The second kappa shape index (κ2) is 9.06. The van der Waals surface area contributed by atoms with Crippen LogP contribution in [0.2, 0.25) is 0 Å². The molecule has 0 amide bonds. The molecule has 4 heteroatoms. The van der Waals surface area contributed by atoms with Crippen LogP contribution in [-0.2, 0) is 4.74 Å². The van der Waals surface area contributed by atoms with E-state index in [1.807, 2.05) is 19.2 Å². The Hall–Kier alpha value is -0.970. The molecule has 0 aliphatic heterocycles. The largest absolute Gasteiger partial charge is 0.383 e. The quantitative estimate of drug-likeness (QED) is 0.754. The molecule has 114 valence electrons. The van der Waals surface area contributed by atoms with Crippen molar-refractivity contribution in [2.24, 2.45) is 0 Å². The van der Waals surface area contributed by atoms with Crippen LogP contribution in [0.25, 0.3) is 0 Å². The maximum absolute atomic E-state index is 13.8. The Balaban J connectivity index is 2.62. The summed E-state index contributed by atoms with van der Waals surface area (Å²) in [5, 5.41) is 3.21. The zero-order chi connectivity index (χ0) is 15.0. The van der Waals surface area contributed by atoms with Crippen molar-refractivity contribution in [2.45, 2.75) is 32.4 Å². The SMILES string of the molecule is CNC(CCN(CCOC)C(C)C)c1ccccc1F. The summed E-state index contributed by atoms with van der Waals surface area (Å²) >= 11 is 0. The van der Waals surface area contributed by atoms with Crippen LogP contribution in [0.5, 0.6) is 0 Å². The van der Waals surface area contributed by atoms with E-state index in [1.54, 1.807) is 13.2 Å². The van der Waals surface area contributed by atoms with E-state index < -0.39 is 0 Å². The van der Waals surface area contributed by atoms with Crippen molar-refractivity contribution >= 4 is 0 Å². The Morgan fingerprint density at radius 1 is 1.25 bits per heavy atom. The Kier molecular flexibility index (Phi) is 7.73. The van der Waals surface area contributed by atoms with Crippen LogP contribution in [0.1, 0.15) is 31.9 Å². The highest BCUT2D eigenvalue weighted by Gasteiger charge is 2.16. The molecule has 3 nitrogen and oxygen atoms in total. The summed E-state index contributed by atoms with van der Waals surface area (Å²) in [5.41, 5.74) is 0.741. The highest BCUT2D eigenvalue weighted by molar-refractivity contribution is 5.21.